The minimum Gasteiger partial charge on any atom is -0.444 e. The number of H-pyrrole nitrogens is 1. The van der Waals surface area contributed by atoms with E-state index in [4.69, 9.17) is 4.74 Å². The summed E-state index contributed by atoms with van der Waals surface area (Å²) >= 11 is 3.26. The number of pyridine rings is 1. The maximum Gasteiger partial charge on any atom is 0.413 e. The molecule has 0 aliphatic carbocycles. The van der Waals surface area contributed by atoms with Crippen LogP contribution < -0.4 is 5.32 Å². The van der Waals surface area contributed by atoms with E-state index in [0.29, 0.717) is 16.1 Å². The first-order valence-electron chi connectivity index (χ1n) is 5.36. The zero-order valence-electron chi connectivity index (χ0n) is 10.2. The Balaban J connectivity index is 2.20. The smallest absolute Gasteiger partial charge is 0.413 e. The molecule has 2 N–H and O–H groups in total. The molecule has 0 aliphatic heterocycles. The number of ether oxygens (including phenoxy) is 1. The van der Waals surface area contributed by atoms with Crippen LogP contribution in [-0.2, 0) is 4.74 Å². The third-order valence-corrected chi connectivity index (χ3v) is 2.45. The summed E-state index contributed by atoms with van der Waals surface area (Å²) in [5.74, 6) is 0.402. The average Bonchev–Trinajstić information content (AvgIpc) is 2.57. The van der Waals surface area contributed by atoms with Crippen molar-refractivity contribution in [1.82, 2.24) is 15.2 Å². The van der Waals surface area contributed by atoms with Gasteiger partial charge in [-0.25, -0.2) is 9.78 Å². The topological polar surface area (TPSA) is 79.9 Å². The third kappa shape index (κ3) is 2.98. The number of halogens is 1. The second-order valence-electron chi connectivity index (χ2n) is 4.73. The van der Waals surface area contributed by atoms with E-state index in [1.807, 2.05) is 6.07 Å². The summed E-state index contributed by atoms with van der Waals surface area (Å²) in [6, 6.07) is 3.58. The molecule has 18 heavy (non-hydrogen) atoms. The quantitative estimate of drug-likeness (QED) is 0.793. The largest absolute Gasteiger partial charge is 0.444 e. The highest BCUT2D eigenvalue weighted by Gasteiger charge is 2.18. The highest BCUT2D eigenvalue weighted by atomic mass is 79.9. The molecule has 2 rings (SSSR count). The zero-order valence-corrected chi connectivity index (χ0v) is 11.8. The minimum atomic E-state index is -0.544. The number of aromatic nitrogens is 3. The number of nitrogens with one attached hydrogen (secondary N) is 2. The lowest BCUT2D eigenvalue weighted by molar-refractivity contribution is 0.0635. The van der Waals surface area contributed by atoms with E-state index < -0.39 is 11.7 Å². The van der Waals surface area contributed by atoms with Crippen molar-refractivity contribution >= 4 is 38.9 Å². The predicted octanol–water partition coefficient (Wildman–Crippen LogP) is 3.07. The number of nitrogens with zero attached hydrogens (tertiary/aromatic N) is 2. The molecule has 2 aromatic rings. The highest BCUT2D eigenvalue weighted by molar-refractivity contribution is 9.10. The molecule has 2 heterocycles. The number of anilines is 1. The van der Waals surface area contributed by atoms with Gasteiger partial charge in [0.05, 0.1) is 5.39 Å². The van der Waals surface area contributed by atoms with Gasteiger partial charge >= 0.3 is 6.09 Å². The lowest BCUT2D eigenvalue weighted by Gasteiger charge is -2.19. The maximum atomic E-state index is 11.6. The third-order valence-electron chi connectivity index (χ3n) is 2.01. The molecule has 96 valence electrons. The SMILES string of the molecule is CC(C)(C)OC(=O)Nc1n[nH]c2nc(Br)ccc12. The molecule has 0 spiro atoms. The van der Waals surface area contributed by atoms with Gasteiger partial charge in [-0.05, 0) is 48.8 Å². The molecule has 0 radical (unpaired) electrons. The van der Waals surface area contributed by atoms with Crippen LogP contribution in [0.3, 0.4) is 0 Å². The molecule has 0 aliphatic rings. The second kappa shape index (κ2) is 4.56. The Bertz CT molecular complexity index is 588. The van der Waals surface area contributed by atoms with Crippen molar-refractivity contribution in [1.29, 1.82) is 0 Å². The van der Waals surface area contributed by atoms with Crippen molar-refractivity contribution in [2.45, 2.75) is 26.4 Å². The van der Waals surface area contributed by atoms with Crippen molar-refractivity contribution in [3.63, 3.8) is 0 Å². The second-order valence-corrected chi connectivity index (χ2v) is 5.54. The van der Waals surface area contributed by atoms with Crippen LogP contribution in [0, 0.1) is 0 Å². The molecule has 0 atom stereocenters. The van der Waals surface area contributed by atoms with Gasteiger partial charge in [0.15, 0.2) is 11.5 Å². The van der Waals surface area contributed by atoms with Crippen molar-refractivity contribution in [2.75, 3.05) is 5.32 Å². The summed E-state index contributed by atoms with van der Waals surface area (Å²) in [5, 5.41) is 10.0. The number of aromatic amines is 1. The highest BCUT2D eigenvalue weighted by Crippen LogP contribution is 2.21. The fourth-order valence-electron chi connectivity index (χ4n) is 1.38. The molecule has 1 amide bonds. The standard InChI is InChI=1S/C11H13BrN4O2/c1-11(2,3)18-10(17)14-9-6-4-5-7(12)13-8(6)15-16-9/h4-5H,1-3H3,(H2,13,14,15,16,17). The van der Waals surface area contributed by atoms with Crippen LogP contribution in [0.1, 0.15) is 20.8 Å². The Hall–Kier alpha value is -1.63. The van der Waals surface area contributed by atoms with Crippen LogP contribution in [0.25, 0.3) is 11.0 Å². The molecular weight excluding hydrogens is 300 g/mol. The van der Waals surface area contributed by atoms with Crippen molar-refractivity contribution < 1.29 is 9.53 Å². The number of amides is 1. The molecule has 7 heteroatoms. The molecule has 0 saturated carbocycles. The average molecular weight is 313 g/mol. The number of carbonyl (C=O) groups excluding carboxylic acids is 1. The normalized spacial score (nSPS) is 11.6. The van der Waals surface area contributed by atoms with E-state index in [-0.39, 0.29) is 0 Å². The molecule has 0 fully saturated rings. The minimum absolute atomic E-state index is 0.402. The first-order valence-corrected chi connectivity index (χ1v) is 6.15. The Kier molecular flexibility index (Phi) is 3.25. The fraction of sp³-hybridized carbons (Fsp3) is 0.364. The van der Waals surface area contributed by atoms with E-state index in [0.717, 1.165) is 5.39 Å². The molecule has 2 aromatic heterocycles. The number of rotatable bonds is 1. The van der Waals surface area contributed by atoms with Gasteiger partial charge in [0.25, 0.3) is 0 Å². The Morgan fingerprint density at radius 3 is 2.83 bits per heavy atom. The number of carbonyl (C=O) groups is 1. The predicted molar refractivity (Wildman–Crippen MR) is 71.4 cm³/mol. The lowest BCUT2D eigenvalue weighted by atomic mass is 10.2. The zero-order chi connectivity index (χ0) is 13.3. The van der Waals surface area contributed by atoms with Crippen molar-refractivity contribution in [3.8, 4) is 0 Å². The van der Waals surface area contributed by atoms with Gasteiger partial charge in [-0.3, -0.25) is 10.4 Å². The molecular formula is C11H13BrN4O2. The molecule has 0 aromatic carbocycles. The van der Waals surface area contributed by atoms with Crippen LogP contribution >= 0.6 is 15.9 Å². The van der Waals surface area contributed by atoms with E-state index in [9.17, 15) is 4.79 Å². The summed E-state index contributed by atoms with van der Waals surface area (Å²) in [6.45, 7) is 5.40. The molecule has 0 unspecified atom stereocenters. The maximum absolute atomic E-state index is 11.6. The van der Waals surface area contributed by atoms with E-state index in [1.165, 1.54) is 0 Å². The molecule has 0 bridgehead atoms. The van der Waals surface area contributed by atoms with Crippen LogP contribution in [0.5, 0.6) is 0 Å². The fourth-order valence-corrected chi connectivity index (χ4v) is 1.69. The van der Waals surface area contributed by atoms with Crippen LogP contribution in [0.4, 0.5) is 10.6 Å². The van der Waals surface area contributed by atoms with E-state index >= 15 is 0 Å². The summed E-state index contributed by atoms with van der Waals surface area (Å²) in [7, 11) is 0. The van der Waals surface area contributed by atoms with Gasteiger partial charge in [0.2, 0.25) is 0 Å². The number of fused-ring (bicyclic) bond motifs is 1. The van der Waals surface area contributed by atoms with Gasteiger partial charge < -0.3 is 4.74 Å². The Morgan fingerprint density at radius 1 is 1.44 bits per heavy atom. The van der Waals surface area contributed by atoms with Crippen LogP contribution in [0.15, 0.2) is 16.7 Å². The van der Waals surface area contributed by atoms with Gasteiger partial charge in [-0.15, -0.1) is 0 Å². The number of hydrogen-bond acceptors (Lipinski definition) is 4. The van der Waals surface area contributed by atoms with Crippen LogP contribution in [-0.4, -0.2) is 26.9 Å². The lowest BCUT2D eigenvalue weighted by Crippen LogP contribution is -2.27. The Labute approximate surface area is 112 Å². The van der Waals surface area contributed by atoms with Crippen molar-refractivity contribution in [3.05, 3.63) is 16.7 Å². The van der Waals surface area contributed by atoms with Crippen molar-refractivity contribution in [2.24, 2.45) is 0 Å². The first kappa shape index (κ1) is 12.8. The summed E-state index contributed by atoms with van der Waals surface area (Å²) in [5.41, 5.74) is 0.0488. The Morgan fingerprint density at radius 2 is 2.17 bits per heavy atom. The van der Waals surface area contributed by atoms with E-state index in [2.05, 4.69) is 36.4 Å². The molecule has 0 saturated heterocycles. The summed E-state index contributed by atoms with van der Waals surface area (Å²) in [4.78, 5) is 15.8. The van der Waals surface area contributed by atoms with Gasteiger partial charge in [-0.2, -0.15) is 5.10 Å². The van der Waals surface area contributed by atoms with Gasteiger partial charge in [0, 0.05) is 0 Å². The van der Waals surface area contributed by atoms with Gasteiger partial charge in [0.1, 0.15) is 10.2 Å². The van der Waals surface area contributed by atoms with Gasteiger partial charge in [-0.1, -0.05) is 0 Å². The van der Waals surface area contributed by atoms with E-state index in [1.54, 1.807) is 26.8 Å². The summed E-state index contributed by atoms with van der Waals surface area (Å²) in [6.07, 6.45) is -0.543. The van der Waals surface area contributed by atoms with Crippen LogP contribution in [0.2, 0.25) is 0 Å². The molecule has 6 nitrogen and oxygen atoms in total. The monoisotopic (exact) mass is 312 g/mol. The summed E-state index contributed by atoms with van der Waals surface area (Å²) < 4.78 is 5.85. The number of hydrogen-bond donors (Lipinski definition) is 2. The first-order chi connectivity index (χ1) is 8.35.